The number of halogens is 4. The Balaban J connectivity index is 1.67. The van der Waals surface area contributed by atoms with Crippen molar-refractivity contribution in [3.63, 3.8) is 0 Å². The average Bonchev–Trinajstić information content (AvgIpc) is 3.02. The number of anilines is 1. The van der Waals surface area contributed by atoms with E-state index < -0.39 is 17.6 Å². The van der Waals surface area contributed by atoms with Gasteiger partial charge in [0.05, 0.1) is 22.0 Å². The molecule has 1 N–H and O–H groups in total. The lowest BCUT2D eigenvalue weighted by Crippen LogP contribution is -2.16. The summed E-state index contributed by atoms with van der Waals surface area (Å²) in [7, 11) is 1.73. The van der Waals surface area contributed by atoms with Gasteiger partial charge in [-0.1, -0.05) is 29.4 Å². The standard InChI is InChI=1S/C17H13ClF3N5OS/c1-26-15(12-4-2-3-7-22-12)24-25-16(26)28-9-14(27)23-13-8-10(17(19,20)21)5-6-11(13)18/h2-8H,9H2,1H3,(H,23,27). The van der Waals surface area contributed by atoms with Gasteiger partial charge in [-0.05, 0) is 30.3 Å². The van der Waals surface area contributed by atoms with Crippen LogP contribution in [0.2, 0.25) is 5.02 Å². The van der Waals surface area contributed by atoms with E-state index in [4.69, 9.17) is 11.6 Å². The molecule has 11 heteroatoms. The number of amides is 1. The molecule has 0 fully saturated rings. The Morgan fingerprint density at radius 3 is 2.71 bits per heavy atom. The second-order valence-electron chi connectivity index (χ2n) is 5.61. The van der Waals surface area contributed by atoms with E-state index in [1.54, 1.807) is 29.9 Å². The predicted molar refractivity (Wildman–Crippen MR) is 100 cm³/mol. The van der Waals surface area contributed by atoms with Crippen LogP contribution in [-0.2, 0) is 18.0 Å². The number of nitrogens with zero attached hydrogens (tertiary/aromatic N) is 4. The van der Waals surface area contributed by atoms with Crippen LogP contribution in [0.1, 0.15) is 5.56 Å². The van der Waals surface area contributed by atoms with Crippen molar-refractivity contribution in [2.24, 2.45) is 7.05 Å². The summed E-state index contributed by atoms with van der Waals surface area (Å²) in [4.78, 5) is 16.3. The molecule has 0 spiro atoms. The summed E-state index contributed by atoms with van der Waals surface area (Å²) >= 11 is 6.97. The van der Waals surface area contributed by atoms with E-state index in [0.29, 0.717) is 16.7 Å². The van der Waals surface area contributed by atoms with Gasteiger partial charge >= 0.3 is 6.18 Å². The van der Waals surface area contributed by atoms with Crippen molar-refractivity contribution in [2.45, 2.75) is 11.3 Å². The molecule has 0 radical (unpaired) electrons. The summed E-state index contributed by atoms with van der Waals surface area (Å²) in [5, 5.41) is 10.9. The number of carbonyl (C=O) groups is 1. The third-order valence-electron chi connectivity index (χ3n) is 3.63. The molecule has 3 aromatic rings. The van der Waals surface area contributed by atoms with Gasteiger partial charge < -0.3 is 9.88 Å². The van der Waals surface area contributed by atoms with Crippen molar-refractivity contribution >= 4 is 35.0 Å². The number of rotatable bonds is 5. The van der Waals surface area contributed by atoms with E-state index in [1.165, 1.54) is 0 Å². The lowest BCUT2D eigenvalue weighted by molar-refractivity contribution is -0.137. The van der Waals surface area contributed by atoms with Crippen molar-refractivity contribution in [1.29, 1.82) is 0 Å². The molecule has 146 valence electrons. The second-order valence-corrected chi connectivity index (χ2v) is 6.96. The number of carbonyl (C=O) groups excluding carboxylic acids is 1. The third-order valence-corrected chi connectivity index (χ3v) is 4.98. The monoisotopic (exact) mass is 427 g/mol. The Morgan fingerprint density at radius 1 is 1.25 bits per heavy atom. The summed E-state index contributed by atoms with van der Waals surface area (Å²) in [6.45, 7) is 0. The largest absolute Gasteiger partial charge is 0.416 e. The van der Waals surface area contributed by atoms with Gasteiger partial charge in [0.25, 0.3) is 0 Å². The van der Waals surface area contributed by atoms with E-state index in [2.05, 4.69) is 20.5 Å². The number of nitrogens with one attached hydrogen (secondary N) is 1. The minimum atomic E-state index is -4.53. The van der Waals surface area contributed by atoms with Crippen LogP contribution in [0.25, 0.3) is 11.5 Å². The smallest absolute Gasteiger partial charge is 0.324 e. The average molecular weight is 428 g/mol. The fourth-order valence-electron chi connectivity index (χ4n) is 2.27. The molecule has 0 aliphatic rings. The molecule has 2 heterocycles. The molecule has 6 nitrogen and oxygen atoms in total. The molecular formula is C17H13ClF3N5OS. The lowest BCUT2D eigenvalue weighted by atomic mass is 10.2. The number of benzene rings is 1. The van der Waals surface area contributed by atoms with E-state index in [1.807, 2.05) is 6.07 Å². The van der Waals surface area contributed by atoms with E-state index in [9.17, 15) is 18.0 Å². The van der Waals surface area contributed by atoms with Crippen LogP contribution in [0.3, 0.4) is 0 Å². The number of hydrogen-bond acceptors (Lipinski definition) is 5. The van der Waals surface area contributed by atoms with Crippen LogP contribution in [0.15, 0.2) is 47.8 Å². The summed E-state index contributed by atoms with van der Waals surface area (Å²) in [6.07, 6.45) is -2.90. The van der Waals surface area contributed by atoms with Gasteiger partial charge in [-0.3, -0.25) is 9.78 Å². The summed E-state index contributed by atoms with van der Waals surface area (Å²) in [5.74, 6) is -0.0705. The molecule has 28 heavy (non-hydrogen) atoms. The van der Waals surface area contributed by atoms with Gasteiger partial charge in [0.2, 0.25) is 5.91 Å². The van der Waals surface area contributed by atoms with Crippen molar-refractivity contribution < 1.29 is 18.0 Å². The lowest BCUT2D eigenvalue weighted by Gasteiger charge is -2.11. The van der Waals surface area contributed by atoms with E-state index in [0.717, 1.165) is 30.0 Å². The van der Waals surface area contributed by atoms with Crippen LogP contribution in [-0.4, -0.2) is 31.4 Å². The van der Waals surface area contributed by atoms with Crippen LogP contribution in [0, 0.1) is 0 Å². The fourth-order valence-corrected chi connectivity index (χ4v) is 3.15. The van der Waals surface area contributed by atoms with Gasteiger partial charge in [0.15, 0.2) is 11.0 Å². The Morgan fingerprint density at radius 2 is 2.04 bits per heavy atom. The SMILES string of the molecule is Cn1c(SCC(=O)Nc2cc(C(F)(F)F)ccc2Cl)nnc1-c1ccccn1. The number of aromatic nitrogens is 4. The molecule has 0 saturated carbocycles. The maximum absolute atomic E-state index is 12.8. The highest BCUT2D eigenvalue weighted by molar-refractivity contribution is 7.99. The molecule has 0 unspecified atom stereocenters. The first-order chi connectivity index (χ1) is 13.3. The normalized spacial score (nSPS) is 11.5. The Kier molecular flexibility index (Phi) is 5.90. The number of pyridine rings is 1. The highest BCUT2D eigenvalue weighted by Gasteiger charge is 2.31. The van der Waals surface area contributed by atoms with Crippen molar-refractivity contribution in [1.82, 2.24) is 19.7 Å². The van der Waals surface area contributed by atoms with Crippen LogP contribution in [0.4, 0.5) is 18.9 Å². The maximum Gasteiger partial charge on any atom is 0.416 e. The highest BCUT2D eigenvalue weighted by Crippen LogP contribution is 2.34. The summed E-state index contributed by atoms with van der Waals surface area (Å²) in [6, 6.07) is 8.11. The zero-order valence-electron chi connectivity index (χ0n) is 14.4. The topological polar surface area (TPSA) is 72.7 Å². The highest BCUT2D eigenvalue weighted by atomic mass is 35.5. The quantitative estimate of drug-likeness (QED) is 0.615. The number of hydrogen-bond donors (Lipinski definition) is 1. The first-order valence-electron chi connectivity index (χ1n) is 7.86. The third kappa shape index (κ3) is 4.63. The van der Waals surface area contributed by atoms with E-state index in [-0.39, 0.29) is 16.5 Å². The van der Waals surface area contributed by atoms with Crippen molar-refractivity contribution in [3.05, 3.63) is 53.2 Å². The van der Waals surface area contributed by atoms with E-state index >= 15 is 0 Å². The van der Waals surface area contributed by atoms with Gasteiger partial charge in [0.1, 0.15) is 5.69 Å². The molecule has 0 saturated heterocycles. The van der Waals surface area contributed by atoms with Gasteiger partial charge in [0, 0.05) is 13.2 Å². The molecule has 3 rings (SSSR count). The Hall–Kier alpha value is -2.59. The number of thioether (sulfide) groups is 1. The minimum Gasteiger partial charge on any atom is -0.324 e. The van der Waals surface area contributed by atoms with Gasteiger partial charge in [-0.15, -0.1) is 10.2 Å². The van der Waals surface area contributed by atoms with Crippen molar-refractivity contribution in [2.75, 3.05) is 11.1 Å². The maximum atomic E-state index is 12.8. The zero-order chi connectivity index (χ0) is 20.3. The van der Waals surface area contributed by atoms with Gasteiger partial charge in [-0.2, -0.15) is 13.2 Å². The zero-order valence-corrected chi connectivity index (χ0v) is 15.9. The first-order valence-corrected chi connectivity index (χ1v) is 9.22. The van der Waals surface area contributed by atoms with Crippen LogP contribution >= 0.6 is 23.4 Å². The molecule has 0 atom stereocenters. The molecule has 2 aromatic heterocycles. The molecule has 0 aliphatic heterocycles. The molecule has 0 aliphatic carbocycles. The second kappa shape index (κ2) is 8.19. The summed E-state index contributed by atoms with van der Waals surface area (Å²) < 4.78 is 40.1. The number of alkyl halides is 3. The minimum absolute atomic E-state index is 0.0162. The molecule has 0 bridgehead atoms. The molecule has 1 amide bonds. The Labute approximate surface area is 167 Å². The first kappa shape index (κ1) is 20.2. The fraction of sp³-hybridized carbons (Fsp3) is 0.176. The molecular weight excluding hydrogens is 415 g/mol. The van der Waals surface area contributed by atoms with Gasteiger partial charge in [-0.25, -0.2) is 0 Å². The summed E-state index contributed by atoms with van der Waals surface area (Å²) in [5.41, 5.74) is -0.369. The predicted octanol–water partition coefficient (Wildman–Crippen LogP) is 4.28. The van der Waals surface area contributed by atoms with Crippen LogP contribution < -0.4 is 5.32 Å². The van der Waals surface area contributed by atoms with Crippen LogP contribution in [0.5, 0.6) is 0 Å². The molecule has 1 aromatic carbocycles. The van der Waals surface area contributed by atoms with Crippen molar-refractivity contribution in [3.8, 4) is 11.5 Å². The Bertz CT molecular complexity index is 994.